The van der Waals surface area contributed by atoms with Gasteiger partial charge in [-0.2, -0.15) is 0 Å². The summed E-state index contributed by atoms with van der Waals surface area (Å²) >= 11 is 0. The van der Waals surface area contributed by atoms with Crippen LogP contribution in [-0.2, 0) is 18.6 Å². The molecule has 0 saturated heterocycles. The van der Waals surface area contributed by atoms with Gasteiger partial charge in [-0.15, -0.1) is 0 Å². The fourth-order valence-corrected chi connectivity index (χ4v) is 3.18. The van der Waals surface area contributed by atoms with Gasteiger partial charge in [0.15, 0.2) is 6.17 Å². The van der Waals surface area contributed by atoms with Crippen LogP contribution in [0.15, 0.2) is 12.2 Å². The van der Waals surface area contributed by atoms with E-state index in [1.165, 1.54) is 44.9 Å². The first kappa shape index (κ1) is 28.2. The molecule has 0 aliphatic heterocycles. The molecule has 0 aromatic heterocycles. The van der Waals surface area contributed by atoms with E-state index in [1.807, 2.05) is 0 Å². The van der Waals surface area contributed by atoms with Crippen molar-refractivity contribution >= 4 is 13.8 Å². The maximum absolute atomic E-state index is 13.3. The van der Waals surface area contributed by atoms with Crippen LogP contribution in [0, 0.1) is 0 Å². The van der Waals surface area contributed by atoms with Gasteiger partial charge in [0.1, 0.15) is 6.61 Å². The number of phosphoric acid groups is 1. The van der Waals surface area contributed by atoms with E-state index < -0.39 is 33.2 Å². The molecule has 0 fully saturated rings. The van der Waals surface area contributed by atoms with Gasteiger partial charge in [-0.05, 0) is 32.1 Å². The monoisotopic (exact) mass is 438 g/mol. The number of esters is 1. The van der Waals surface area contributed by atoms with E-state index in [0.717, 1.165) is 32.1 Å². The van der Waals surface area contributed by atoms with Crippen molar-refractivity contribution in [3.63, 3.8) is 0 Å². The molecule has 2 N–H and O–H groups in total. The molecule has 0 bridgehead atoms. The van der Waals surface area contributed by atoms with Crippen LogP contribution in [-0.4, -0.2) is 35.1 Å². The number of carbonyl (C=O) groups excluding carboxylic acids is 1. The highest BCUT2D eigenvalue weighted by atomic mass is 31.2. The molecule has 29 heavy (non-hydrogen) atoms. The number of rotatable bonds is 20. The van der Waals surface area contributed by atoms with Crippen molar-refractivity contribution in [1.29, 1.82) is 0 Å². The molecule has 0 spiro atoms. The second-order valence-corrected chi connectivity index (χ2v) is 8.64. The maximum Gasteiger partial charge on any atom is 0.469 e. The molecule has 0 unspecified atom stereocenters. The Bertz CT molecular complexity index is 466. The van der Waals surface area contributed by atoms with E-state index in [0.29, 0.717) is 6.42 Å². The van der Waals surface area contributed by atoms with Crippen LogP contribution in [0.1, 0.15) is 96.8 Å². The highest BCUT2D eigenvalue weighted by molar-refractivity contribution is 7.46. The Labute approximate surface area is 175 Å². The molecule has 0 aliphatic rings. The second-order valence-electron chi connectivity index (χ2n) is 7.40. The van der Waals surface area contributed by atoms with Gasteiger partial charge in [0.2, 0.25) is 0 Å². The number of allylic oxidation sites excluding steroid dienone is 2. The molecule has 0 aromatic carbocycles. The molecule has 1 atom stereocenters. The predicted octanol–water partition coefficient (Wildman–Crippen LogP) is 6.01. The molecular formula is C21H40FO6P. The van der Waals surface area contributed by atoms with Crippen molar-refractivity contribution < 1.29 is 32.8 Å². The Hall–Kier alpha value is -0.750. The van der Waals surface area contributed by atoms with E-state index in [-0.39, 0.29) is 6.42 Å². The maximum atomic E-state index is 13.3. The summed E-state index contributed by atoms with van der Waals surface area (Å²) in [5.41, 5.74) is 0. The topological polar surface area (TPSA) is 93.1 Å². The van der Waals surface area contributed by atoms with Crippen LogP contribution in [0.3, 0.4) is 0 Å². The lowest BCUT2D eigenvalue weighted by Crippen LogP contribution is -2.19. The molecule has 8 heteroatoms. The minimum atomic E-state index is -4.70. The molecule has 0 radical (unpaired) electrons. The number of carbonyl (C=O) groups is 1. The van der Waals surface area contributed by atoms with Gasteiger partial charge >= 0.3 is 13.8 Å². The van der Waals surface area contributed by atoms with E-state index >= 15 is 0 Å². The summed E-state index contributed by atoms with van der Waals surface area (Å²) in [4.78, 5) is 28.4. The molecule has 0 aliphatic carbocycles. The number of alkyl halides is 1. The van der Waals surface area contributed by atoms with Gasteiger partial charge in [0.05, 0.1) is 6.61 Å². The molecular weight excluding hydrogens is 398 g/mol. The summed E-state index contributed by atoms with van der Waals surface area (Å²) in [5.74, 6) is -0.499. The zero-order valence-corrected chi connectivity index (χ0v) is 18.8. The lowest BCUT2D eigenvalue weighted by Gasteiger charge is -2.10. The van der Waals surface area contributed by atoms with Gasteiger partial charge in [-0.1, -0.05) is 70.4 Å². The number of halogens is 1. The fourth-order valence-electron chi connectivity index (χ4n) is 2.82. The van der Waals surface area contributed by atoms with Crippen LogP contribution in [0.2, 0.25) is 0 Å². The first-order valence-electron chi connectivity index (χ1n) is 11.0. The molecule has 0 heterocycles. The first-order chi connectivity index (χ1) is 13.8. The third-order valence-electron chi connectivity index (χ3n) is 4.49. The van der Waals surface area contributed by atoms with Crippen molar-refractivity contribution in [3.8, 4) is 0 Å². The summed E-state index contributed by atoms with van der Waals surface area (Å²) in [6.07, 6.45) is 18.3. The van der Waals surface area contributed by atoms with E-state index in [4.69, 9.17) is 14.5 Å². The third kappa shape index (κ3) is 23.4. The van der Waals surface area contributed by atoms with Crippen LogP contribution >= 0.6 is 7.82 Å². The van der Waals surface area contributed by atoms with Crippen molar-refractivity contribution in [3.05, 3.63) is 12.2 Å². The van der Waals surface area contributed by atoms with E-state index in [1.54, 1.807) is 0 Å². The average Bonchev–Trinajstić information content (AvgIpc) is 2.67. The van der Waals surface area contributed by atoms with Crippen LogP contribution in [0.25, 0.3) is 0 Å². The summed E-state index contributed by atoms with van der Waals surface area (Å²) in [6.45, 7) is 0.883. The Morgan fingerprint density at radius 3 is 1.97 bits per heavy atom. The van der Waals surface area contributed by atoms with Crippen molar-refractivity contribution in [1.82, 2.24) is 0 Å². The van der Waals surface area contributed by atoms with Crippen LogP contribution < -0.4 is 0 Å². The summed E-state index contributed by atoms with van der Waals surface area (Å²) in [6, 6.07) is 0. The highest BCUT2D eigenvalue weighted by Crippen LogP contribution is 2.35. The number of hydrogen-bond acceptors (Lipinski definition) is 4. The standard InChI is InChI=1S/C21H40FO6P/c1-2-3-4-5-6-7-8-9-10-11-12-13-14-15-16-17-21(23)27-18-20(22)19-28-29(24,25)26/h9-10,20H,2-8,11-19H2,1H3,(H2,24,25,26)/b10-9+/t20-/m0/s1. The summed E-state index contributed by atoms with van der Waals surface area (Å²) in [7, 11) is -4.70. The van der Waals surface area contributed by atoms with Gasteiger partial charge in [-0.25, -0.2) is 8.96 Å². The zero-order chi connectivity index (χ0) is 21.8. The summed E-state index contributed by atoms with van der Waals surface area (Å²) in [5, 5.41) is 0. The van der Waals surface area contributed by atoms with Gasteiger partial charge in [-0.3, -0.25) is 9.32 Å². The SMILES string of the molecule is CCCCCCCC/C=C/CCCCCCCC(=O)OC[C@H](F)COP(=O)(O)O. The normalized spacial score (nSPS) is 13.1. The van der Waals surface area contributed by atoms with Crippen molar-refractivity contribution in [2.75, 3.05) is 13.2 Å². The lowest BCUT2D eigenvalue weighted by atomic mass is 10.1. The minimum Gasteiger partial charge on any atom is -0.462 e. The number of unbranched alkanes of at least 4 members (excludes halogenated alkanes) is 11. The van der Waals surface area contributed by atoms with Crippen LogP contribution in [0.4, 0.5) is 4.39 Å². The van der Waals surface area contributed by atoms with Crippen molar-refractivity contribution in [2.24, 2.45) is 0 Å². The van der Waals surface area contributed by atoms with Gasteiger partial charge in [0.25, 0.3) is 0 Å². The fraction of sp³-hybridized carbons (Fsp3) is 0.857. The highest BCUT2D eigenvalue weighted by Gasteiger charge is 2.18. The average molecular weight is 439 g/mol. The lowest BCUT2D eigenvalue weighted by molar-refractivity contribution is -0.145. The zero-order valence-electron chi connectivity index (χ0n) is 17.9. The Morgan fingerprint density at radius 2 is 1.41 bits per heavy atom. The van der Waals surface area contributed by atoms with Crippen LogP contribution in [0.5, 0.6) is 0 Å². The molecule has 0 rings (SSSR count). The Morgan fingerprint density at radius 1 is 0.897 bits per heavy atom. The van der Waals surface area contributed by atoms with E-state index in [2.05, 4.69) is 23.6 Å². The predicted molar refractivity (Wildman–Crippen MR) is 113 cm³/mol. The first-order valence-corrected chi connectivity index (χ1v) is 12.5. The smallest absolute Gasteiger partial charge is 0.462 e. The summed E-state index contributed by atoms with van der Waals surface area (Å²) < 4.78 is 32.4. The number of phosphoric ester groups is 1. The van der Waals surface area contributed by atoms with Gasteiger partial charge < -0.3 is 14.5 Å². The third-order valence-corrected chi connectivity index (χ3v) is 4.98. The largest absolute Gasteiger partial charge is 0.469 e. The van der Waals surface area contributed by atoms with Gasteiger partial charge in [0, 0.05) is 6.42 Å². The quantitative estimate of drug-likeness (QED) is 0.105. The molecule has 0 aromatic rings. The van der Waals surface area contributed by atoms with Crippen molar-refractivity contribution in [2.45, 2.75) is 103 Å². The number of ether oxygens (including phenoxy) is 1. The molecule has 6 nitrogen and oxygen atoms in total. The number of hydrogen-bond donors (Lipinski definition) is 2. The van der Waals surface area contributed by atoms with E-state index in [9.17, 15) is 13.8 Å². The molecule has 0 saturated carbocycles. The minimum absolute atomic E-state index is 0.226. The Kier molecular flexibility index (Phi) is 18.7. The molecule has 172 valence electrons. The second kappa shape index (κ2) is 19.2. The Balaban J connectivity index is 3.38. The molecule has 0 amide bonds.